The molecule has 0 radical (unpaired) electrons. The Kier molecular flexibility index (Phi) is 4.37. The van der Waals surface area contributed by atoms with Crippen molar-refractivity contribution in [3.05, 3.63) is 64.8 Å². The lowest BCUT2D eigenvalue weighted by atomic mass is 10.2. The summed E-state index contributed by atoms with van der Waals surface area (Å²) < 4.78 is 31.3. The van der Waals surface area contributed by atoms with Crippen molar-refractivity contribution in [1.29, 1.82) is 0 Å². The van der Waals surface area contributed by atoms with E-state index >= 15 is 0 Å². The van der Waals surface area contributed by atoms with E-state index in [0.717, 1.165) is 10.4 Å². The van der Waals surface area contributed by atoms with E-state index in [1.807, 2.05) is 47.8 Å². The van der Waals surface area contributed by atoms with Crippen LogP contribution in [0.25, 0.3) is 11.3 Å². The van der Waals surface area contributed by atoms with Crippen molar-refractivity contribution in [2.45, 2.75) is 24.3 Å². The van der Waals surface area contributed by atoms with Crippen molar-refractivity contribution in [3.8, 4) is 11.3 Å². The fourth-order valence-corrected chi connectivity index (χ4v) is 4.98. The average molecular weight is 347 g/mol. The Morgan fingerprint density at radius 1 is 1.04 bits per heavy atom. The van der Waals surface area contributed by atoms with Crippen molar-refractivity contribution in [2.24, 2.45) is 0 Å². The fourth-order valence-electron chi connectivity index (χ4n) is 2.34. The van der Waals surface area contributed by atoms with Gasteiger partial charge in [-0.25, -0.2) is 13.4 Å². The largest absolute Gasteiger partial charge is 0.439 e. The van der Waals surface area contributed by atoms with Gasteiger partial charge in [-0.1, -0.05) is 36.4 Å². The minimum Gasteiger partial charge on any atom is -0.439 e. The molecular formula is C17H17NO3S2. The van der Waals surface area contributed by atoms with Crippen molar-refractivity contribution in [2.75, 3.05) is 0 Å². The Morgan fingerprint density at radius 3 is 2.43 bits per heavy atom. The summed E-state index contributed by atoms with van der Waals surface area (Å²) in [5.41, 5.74) is 0.877. The number of rotatable bonds is 5. The molecule has 3 rings (SSSR count). The summed E-state index contributed by atoms with van der Waals surface area (Å²) in [5.74, 6) is 0.804. The lowest BCUT2D eigenvalue weighted by Crippen LogP contribution is -2.16. The van der Waals surface area contributed by atoms with Gasteiger partial charge in [-0.05, 0) is 25.3 Å². The lowest BCUT2D eigenvalue weighted by Gasteiger charge is -2.15. The smallest absolute Gasteiger partial charge is 0.212 e. The summed E-state index contributed by atoms with van der Waals surface area (Å²) in [5, 5.41) is 0.506. The van der Waals surface area contributed by atoms with Gasteiger partial charge < -0.3 is 4.42 Å². The van der Waals surface area contributed by atoms with E-state index < -0.39 is 20.3 Å². The Labute approximate surface area is 139 Å². The minimum atomic E-state index is -3.43. The van der Waals surface area contributed by atoms with Crippen LogP contribution in [-0.4, -0.2) is 13.4 Å². The molecule has 0 bridgehead atoms. The van der Waals surface area contributed by atoms with Crippen molar-refractivity contribution < 1.29 is 12.8 Å². The van der Waals surface area contributed by atoms with Crippen LogP contribution < -0.4 is 0 Å². The molecule has 0 fully saturated rings. The topological polar surface area (TPSA) is 60.2 Å². The van der Waals surface area contributed by atoms with Crippen LogP contribution in [0.4, 0.5) is 0 Å². The Hall–Kier alpha value is -1.92. The molecule has 0 N–H and O–H groups in total. The zero-order valence-corrected chi connectivity index (χ0v) is 14.5. The normalized spacial score (nSPS) is 14.5. The monoisotopic (exact) mass is 347 g/mol. The molecule has 0 spiro atoms. The minimum absolute atomic E-state index is 0.229. The molecule has 4 nitrogen and oxygen atoms in total. The number of nitrogens with zero attached hydrogens (tertiary/aromatic N) is 1. The third-order valence-electron chi connectivity index (χ3n) is 3.86. The highest BCUT2D eigenvalue weighted by Gasteiger charge is 2.33. The summed E-state index contributed by atoms with van der Waals surface area (Å²) >= 11 is 1.44. The van der Waals surface area contributed by atoms with Gasteiger partial charge in [0, 0.05) is 10.4 Å². The molecule has 120 valence electrons. The second-order valence-corrected chi connectivity index (χ2v) is 8.89. The molecule has 0 saturated carbocycles. The molecule has 0 aliphatic rings. The maximum absolute atomic E-state index is 12.8. The highest BCUT2D eigenvalue weighted by molar-refractivity contribution is 7.92. The Balaban J connectivity index is 1.88. The molecule has 0 unspecified atom stereocenters. The maximum atomic E-state index is 12.8. The quantitative estimate of drug-likeness (QED) is 0.674. The predicted molar refractivity (Wildman–Crippen MR) is 92.0 cm³/mol. The number of benzene rings is 1. The second-order valence-electron chi connectivity index (χ2n) is 5.32. The molecule has 2 atom stereocenters. The van der Waals surface area contributed by atoms with Gasteiger partial charge in [0.1, 0.15) is 5.25 Å². The third-order valence-corrected chi connectivity index (χ3v) is 7.49. The highest BCUT2D eigenvalue weighted by atomic mass is 32.2. The van der Waals surface area contributed by atoms with E-state index in [-0.39, 0.29) is 5.89 Å². The summed E-state index contributed by atoms with van der Waals surface area (Å²) in [6, 6.07) is 13.2. The van der Waals surface area contributed by atoms with Crippen LogP contribution in [0, 0.1) is 0 Å². The SMILES string of the molecule is C[C@@H](c1ncc(-c2ccccc2)o1)S(=O)(=O)[C@@H](C)c1cccs1. The lowest BCUT2D eigenvalue weighted by molar-refractivity contribution is 0.492. The van der Waals surface area contributed by atoms with Crippen molar-refractivity contribution in [1.82, 2.24) is 4.98 Å². The van der Waals surface area contributed by atoms with Gasteiger partial charge in [0.2, 0.25) is 5.89 Å². The Bertz CT molecular complexity index is 868. The van der Waals surface area contributed by atoms with E-state index in [1.54, 1.807) is 20.0 Å². The van der Waals surface area contributed by atoms with Gasteiger partial charge in [0.05, 0.1) is 11.4 Å². The van der Waals surface area contributed by atoms with E-state index in [2.05, 4.69) is 4.98 Å². The third kappa shape index (κ3) is 3.09. The van der Waals surface area contributed by atoms with Crippen LogP contribution in [-0.2, 0) is 9.84 Å². The standard InChI is InChI=1S/C17H17NO3S2/c1-12(16-9-6-10-22-16)23(19,20)13(2)17-18-11-15(21-17)14-7-4-3-5-8-14/h3-13H,1-2H3/t12-,13-/m0/s1. The predicted octanol–water partition coefficient (Wildman–Crippen LogP) is 4.64. The second kappa shape index (κ2) is 6.29. The number of aromatic nitrogens is 1. The molecule has 0 saturated heterocycles. The average Bonchev–Trinajstić information content (AvgIpc) is 3.25. The Morgan fingerprint density at radius 2 is 1.78 bits per heavy atom. The molecule has 0 aliphatic heterocycles. The van der Waals surface area contributed by atoms with E-state index in [9.17, 15) is 8.42 Å². The van der Waals surface area contributed by atoms with Gasteiger partial charge in [-0.3, -0.25) is 0 Å². The first-order valence-corrected chi connectivity index (χ1v) is 9.76. The summed E-state index contributed by atoms with van der Waals surface area (Å²) in [6.07, 6.45) is 1.58. The first-order chi connectivity index (χ1) is 11.0. The van der Waals surface area contributed by atoms with Gasteiger partial charge in [0.15, 0.2) is 15.6 Å². The van der Waals surface area contributed by atoms with E-state index in [4.69, 9.17) is 4.42 Å². The molecule has 1 aromatic carbocycles. The van der Waals surface area contributed by atoms with Crippen LogP contribution >= 0.6 is 11.3 Å². The van der Waals surface area contributed by atoms with E-state index in [1.165, 1.54) is 11.3 Å². The number of thiophene rings is 1. The van der Waals surface area contributed by atoms with Crippen molar-refractivity contribution in [3.63, 3.8) is 0 Å². The van der Waals surface area contributed by atoms with Crippen LogP contribution in [0.5, 0.6) is 0 Å². The van der Waals surface area contributed by atoms with Gasteiger partial charge in [-0.2, -0.15) is 0 Å². The van der Waals surface area contributed by atoms with Crippen LogP contribution in [0.2, 0.25) is 0 Å². The number of hydrogen-bond acceptors (Lipinski definition) is 5. The number of sulfone groups is 1. The molecule has 0 amide bonds. The van der Waals surface area contributed by atoms with Gasteiger partial charge >= 0.3 is 0 Å². The fraction of sp³-hybridized carbons (Fsp3) is 0.235. The van der Waals surface area contributed by atoms with Crippen LogP contribution in [0.1, 0.15) is 35.1 Å². The summed E-state index contributed by atoms with van der Waals surface area (Å²) in [4.78, 5) is 5.01. The molecule has 2 aromatic heterocycles. The van der Waals surface area contributed by atoms with Crippen molar-refractivity contribution >= 4 is 21.2 Å². The molecule has 23 heavy (non-hydrogen) atoms. The first kappa shape index (κ1) is 16.0. The van der Waals surface area contributed by atoms with Crippen LogP contribution in [0.3, 0.4) is 0 Å². The maximum Gasteiger partial charge on any atom is 0.212 e. The summed E-state index contributed by atoms with van der Waals surface area (Å²) in [7, 11) is -3.43. The zero-order valence-electron chi connectivity index (χ0n) is 12.8. The van der Waals surface area contributed by atoms with Gasteiger partial charge in [0.25, 0.3) is 0 Å². The highest BCUT2D eigenvalue weighted by Crippen LogP contribution is 2.36. The number of oxazole rings is 1. The molecule has 3 aromatic rings. The first-order valence-electron chi connectivity index (χ1n) is 7.27. The number of hydrogen-bond donors (Lipinski definition) is 0. The molecular weight excluding hydrogens is 330 g/mol. The molecule has 0 aliphatic carbocycles. The zero-order chi connectivity index (χ0) is 16.4. The van der Waals surface area contributed by atoms with Gasteiger partial charge in [-0.15, -0.1) is 11.3 Å². The summed E-state index contributed by atoms with van der Waals surface area (Å²) in [6.45, 7) is 3.33. The van der Waals surface area contributed by atoms with E-state index in [0.29, 0.717) is 5.76 Å². The molecule has 2 heterocycles. The van der Waals surface area contributed by atoms with Crippen LogP contribution in [0.15, 0.2) is 58.5 Å². The molecule has 6 heteroatoms.